The number of carbonyl (C=O) groups excluding carboxylic acids is 1. The summed E-state index contributed by atoms with van der Waals surface area (Å²) in [6.45, 7) is 2.72. The molecule has 4 bridgehead atoms. The van der Waals surface area contributed by atoms with E-state index in [1.54, 1.807) is 4.68 Å². The molecule has 0 spiro atoms. The molecule has 0 atom stereocenters. The molecule has 1 amide bonds. The van der Waals surface area contributed by atoms with Crippen LogP contribution in [0.2, 0.25) is 5.02 Å². The van der Waals surface area contributed by atoms with Crippen molar-refractivity contribution in [2.75, 3.05) is 6.54 Å². The Hall–Kier alpha value is -1.81. The molecule has 0 radical (unpaired) electrons. The summed E-state index contributed by atoms with van der Waals surface area (Å²) in [4.78, 5) is 12.8. The van der Waals surface area contributed by atoms with Crippen molar-refractivity contribution in [2.45, 2.75) is 51.9 Å². The molecule has 2 aromatic rings. The molecule has 1 N–H and O–H groups in total. The van der Waals surface area contributed by atoms with Gasteiger partial charge in [0.25, 0.3) is 5.91 Å². The van der Waals surface area contributed by atoms with Crippen molar-refractivity contribution in [3.8, 4) is 11.3 Å². The van der Waals surface area contributed by atoms with Crippen LogP contribution in [-0.2, 0) is 7.05 Å². The van der Waals surface area contributed by atoms with Gasteiger partial charge in [-0.3, -0.25) is 9.48 Å². The van der Waals surface area contributed by atoms with Crippen LogP contribution in [0.4, 0.5) is 0 Å². The van der Waals surface area contributed by atoms with E-state index in [-0.39, 0.29) is 5.91 Å². The fourth-order valence-electron chi connectivity index (χ4n) is 6.99. The van der Waals surface area contributed by atoms with Gasteiger partial charge in [0.1, 0.15) is 0 Å². The lowest BCUT2D eigenvalue weighted by atomic mass is 9.51. The normalized spacial score (nSPS) is 29.4. The number of aryl methyl sites for hydroxylation is 1. The van der Waals surface area contributed by atoms with Crippen LogP contribution in [-0.4, -0.2) is 22.2 Å². The standard InChI is InChI=1S/C25H32ClN3O/c1-15-23(28-29(2)24(15)18-5-7-21(26)8-6-18)25(30)27-9-3-4-22-19-11-16-10-17(13-19)14-20(22)12-16/h5-8,16-17,19-20,22H,3-4,9-14H2,1-2H3,(H,27,30). The minimum absolute atomic E-state index is 0.0617. The van der Waals surface area contributed by atoms with E-state index in [0.29, 0.717) is 10.7 Å². The van der Waals surface area contributed by atoms with Gasteiger partial charge in [0.15, 0.2) is 5.69 Å². The number of hydrogen-bond acceptors (Lipinski definition) is 2. The first-order valence-electron chi connectivity index (χ1n) is 11.6. The van der Waals surface area contributed by atoms with Gasteiger partial charge in [0.2, 0.25) is 0 Å². The molecule has 0 saturated heterocycles. The number of aromatic nitrogens is 2. The van der Waals surface area contributed by atoms with Gasteiger partial charge in [-0.25, -0.2) is 0 Å². The summed E-state index contributed by atoms with van der Waals surface area (Å²) >= 11 is 6.01. The molecule has 6 rings (SSSR count). The van der Waals surface area contributed by atoms with E-state index in [0.717, 1.165) is 59.4 Å². The quantitative estimate of drug-likeness (QED) is 0.609. The van der Waals surface area contributed by atoms with Crippen LogP contribution in [0.1, 0.15) is 61.0 Å². The third-order valence-electron chi connectivity index (χ3n) is 8.04. The van der Waals surface area contributed by atoms with E-state index in [9.17, 15) is 4.79 Å². The van der Waals surface area contributed by atoms with E-state index < -0.39 is 0 Å². The fraction of sp³-hybridized carbons (Fsp3) is 0.600. The second kappa shape index (κ2) is 8.03. The van der Waals surface area contributed by atoms with Crippen molar-refractivity contribution in [1.82, 2.24) is 15.1 Å². The van der Waals surface area contributed by atoms with Crippen LogP contribution >= 0.6 is 11.6 Å². The molecule has 160 valence electrons. The Morgan fingerprint density at radius 1 is 1.10 bits per heavy atom. The average molecular weight is 426 g/mol. The van der Waals surface area contributed by atoms with Gasteiger partial charge in [-0.15, -0.1) is 0 Å². The molecular weight excluding hydrogens is 394 g/mol. The SMILES string of the molecule is Cc1c(C(=O)NCCCC2C3CC4CC(C3)CC2C4)nn(C)c1-c1ccc(Cl)cc1. The van der Waals surface area contributed by atoms with Crippen LogP contribution in [0.15, 0.2) is 24.3 Å². The first-order chi connectivity index (χ1) is 14.5. The van der Waals surface area contributed by atoms with Crippen molar-refractivity contribution < 1.29 is 4.79 Å². The number of benzene rings is 1. The molecule has 30 heavy (non-hydrogen) atoms. The largest absolute Gasteiger partial charge is 0.351 e. The van der Waals surface area contributed by atoms with Crippen LogP contribution < -0.4 is 5.32 Å². The third-order valence-corrected chi connectivity index (χ3v) is 8.29. The van der Waals surface area contributed by atoms with Crippen LogP contribution in [0.5, 0.6) is 0 Å². The molecule has 0 unspecified atom stereocenters. The minimum atomic E-state index is -0.0617. The summed E-state index contributed by atoms with van der Waals surface area (Å²) in [5.41, 5.74) is 3.42. The van der Waals surface area contributed by atoms with E-state index in [4.69, 9.17) is 11.6 Å². The summed E-state index contributed by atoms with van der Waals surface area (Å²) in [7, 11) is 1.89. The van der Waals surface area contributed by atoms with Crippen molar-refractivity contribution in [3.63, 3.8) is 0 Å². The van der Waals surface area contributed by atoms with Crippen LogP contribution in [0, 0.1) is 36.5 Å². The highest BCUT2D eigenvalue weighted by Crippen LogP contribution is 2.57. The van der Waals surface area contributed by atoms with Crippen molar-refractivity contribution >= 4 is 17.5 Å². The molecule has 4 aliphatic carbocycles. The van der Waals surface area contributed by atoms with Gasteiger partial charge in [0.05, 0.1) is 5.69 Å². The summed E-state index contributed by atoms with van der Waals surface area (Å²) in [6.07, 6.45) is 9.77. The monoisotopic (exact) mass is 425 g/mol. The summed E-state index contributed by atoms with van der Waals surface area (Å²) in [6, 6.07) is 7.68. The molecule has 0 aliphatic heterocycles. The maximum absolute atomic E-state index is 12.8. The number of amides is 1. The van der Waals surface area contributed by atoms with Crippen molar-refractivity contribution in [1.29, 1.82) is 0 Å². The maximum Gasteiger partial charge on any atom is 0.272 e. The number of halogens is 1. The van der Waals surface area contributed by atoms with E-state index >= 15 is 0 Å². The second-order valence-corrected chi connectivity index (χ2v) is 10.4. The van der Waals surface area contributed by atoms with Gasteiger partial charge >= 0.3 is 0 Å². The first-order valence-corrected chi connectivity index (χ1v) is 11.9. The molecule has 4 aliphatic rings. The van der Waals surface area contributed by atoms with Gasteiger partial charge in [-0.05, 0) is 93.6 Å². The maximum atomic E-state index is 12.8. The zero-order chi connectivity index (χ0) is 20.8. The number of nitrogens with zero attached hydrogens (tertiary/aromatic N) is 2. The fourth-order valence-corrected chi connectivity index (χ4v) is 7.12. The summed E-state index contributed by atoms with van der Waals surface area (Å²) < 4.78 is 1.79. The van der Waals surface area contributed by atoms with Gasteiger partial charge in [0, 0.05) is 29.7 Å². The highest BCUT2D eigenvalue weighted by molar-refractivity contribution is 6.30. The second-order valence-electron chi connectivity index (χ2n) is 9.95. The first kappa shape index (κ1) is 20.1. The predicted molar refractivity (Wildman–Crippen MR) is 120 cm³/mol. The van der Waals surface area contributed by atoms with Gasteiger partial charge < -0.3 is 5.32 Å². The summed E-state index contributed by atoms with van der Waals surface area (Å²) in [5, 5.41) is 8.34. The Kier molecular flexibility index (Phi) is 5.38. The molecule has 1 aromatic heterocycles. The topological polar surface area (TPSA) is 46.9 Å². The molecule has 4 saturated carbocycles. The zero-order valence-electron chi connectivity index (χ0n) is 18.0. The Bertz CT molecular complexity index is 905. The number of hydrogen-bond donors (Lipinski definition) is 1. The number of carbonyl (C=O) groups is 1. The number of nitrogens with one attached hydrogen (secondary N) is 1. The Morgan fingerprint density at radius 3 is 2.37 bits per heavy atom. The smallest absolute Gasteiger partial charge is 0.272 e. The highest BCUT2D eigenvalue weighted by Gasteiger charge is 2.47. The predicted octanol–water partition coefficient (Wildman–Crippen LogP) is 5.63. The minimum Gasteiger partial charge on any atom is -0.351 e. The van der Waals surface area contributed by atoms with Gasteiger partial charge in [-0.2, -0.15) is 5.10 Å². The Balaban J connectivity index is 1.17. The summed E-state index contributed by atoms with van der Waals surface area (Å²) in [5.74, 6) is 4.85. The lowest BCUT2D eigenvalue weighted by Crippen LogP contribution is -2.45. The molecular formula is C25H32ClN3O. The molecule has 4 nitrogen and oxygen atoms in total. The van der Waals surface area contributed by atoms with Crippen molar-refractivity contribution in [3.05, 3.63) is 40.5 Å². The third kappa shape index (κ3) is 3.68. The van der Waals surface area contributed by atoms with Gasteiger partial charge in [-0.1, -0.05) is 23.7 Å². The van der Waals surface area contributed by atoms with E-state index in [1.165, 1.54) is 38.5 Å². The van der Waals surface area contributed by atoms with Crippen LogP contribution in [0.25, 0.3) is 11.3 Å². The lowest BCUT2D eigenvalue weighted by Gasteiger charge is -2.54. The van der Waals surface area contributed by atoms with Crippen LogP contribution in [0.3, 0.4) is 0 Å². The molecule has 1 aromatic carbocycles. The van der Waals surface area contributed by atoms with E-state index in [2.05, 4.69) is 10.4 Å². The molecule has 4 fully saturated rings. The Morgan fingerprint density at radius 2 is 1.73 bits per heavy atom. The lowest BCUT2D eigenvalue weighted by molar-refractivity contribution is -0.0401. The Labute approximate surface area is 184 Å². The van der Waals surface area contributed by atoms with E-state index in [1.807, 2.05) is 38.2 Å². The average Bonchev–Trinajstić information content (AvgIpc) is 3.01. The number of rotatable bonds is 6. The molecule has 1 heterocycles. The highest BCUT2D eigenvalue weighted by atomic mass is 35.5. The van der Waals surface area contributed by atoms with Crippen molar-refractivity contribution in [2.24, 2.45) is 36.6 Å². The molecule has 5 heteroatoms. The zero-order valence-corrected chi connectivity index (χ0v) is 18.8.